The van der Waals surface area contributed by atoms with Gasteiger partial charge in [-0.25, -0.2) is 0 Å². The fourth-order valence-electron chi connectivity index (χ4n) is 2.25. The predicted molar refractivity (Wildman–Crippen MR) is 90.2 cm³/mol. The lowest BCUT2D eigenvalue weighted by Gasteiger charge is -2.15. The van der Waals surface area contributed by atoms with Gasteiger partial charge in [-0.2, -0.15) is 0 Å². The zero-order valence-corrected chi connectivity index (χ0v) is 13.8. The van der Waals surface area contributed by atoms with Crippen molar-refractivity contribution in [3.8, 4) is 11.5 Å². The van der Waals surface area contributed by atoms with E-state index in [4.69, 9.17) is 13.9 Å². The van der Waals surface area contributed by atoms with Gasteiger partial charge in [-0.1, -0.05) is 12.1 Å². The molecular formula is C17H23N3O3. The highest BCUT2D eigenvalue weighted by Gasteiger charge is 2.09. The van der Waals surface area contributed by atoms with Gasteiger partial charge in [0.1, 0.15) is 5.76 Å². The van der Waals surface area contributed by atoms with Gasteiger partial charge < -0.3 is 24.5 Å². The van der Waals surface area contributed by atoms with E-state index >= 15 is 0 Å². The third kappa shape index (κ3) is 4.67. The van der Waals surface area contributed by atoms with Crippen LogP contribution in [0.25, 0.3) is 0 Å². The van der Waals surface area contributed by atoms with E-state index in [0.717, 1.165) is 36.0 Å². The van der Waals surface area contributed by atoms with Crippen molar-refractivity contribution in [1.82, 2.24) is 10.6 Å². The molecule has 124 valence electrons. The number of aliphatic imine (C=N–C) groups is 1. The number of rotatable bonds is 7. The van der Waals surface area contributed by atoms with Crippen molar-refractivity contribution in [3.63, 3.8) is 0 Å². The maximum absolute atomic E-state index is 5.43. The lowest BCUT2D eigenvalue weighted by atomic mass is 10.2. The molecule has 0 bridgehead atoms. The number of hydrogen-bond donors (Lipinski definition) is 2. The Labute approximate surface area is 136 Å². The Hall–Kier alpha value is -2.63. The van der Waals surface area contributed by atoms with Gasteiger partial charge in [-0.15, -0.1) is 0 Å². The summed E-state index contributed by atoms with van der Waals surface area (Å²) in [7, 11) is 5.01. The molecule has 0 unspecified atom stereocenters. The highest BCUT2D eigenvalue weighted by atomic mass is 16.5. The van der Waals surface area contributed by atoms with Crippen molar-refractivity contribution in [2.24, 2.45) is 4.99 Å². The first kappa shape index (κ1) is 16.7. The largest absolute Gasteiger partial charge is 0.493 e. The summed E-state index contributed by atoms with van der Waals surface area (Å²) >= 11 is 0. The Kier molecular flexibility index (Phi) is 6.35. The fraction of sp³-hybridized carbons (Fsp3) is 0.353. The van der Waals surface area contributed by atoms with Gasteiger partial charge >= 0.3 is 0 Å². The van der Waals surface area contributed by atoms with Crippen LogP contribution in [-0.2, 0) is 13.0 Å². The van der Waals surface area contributed by atoms with Crippen LogP contribution in [0.15, 0.2) is 46.0 Å². The molecule has 0 aliphatic carbocycles. The number of methoxy groups -OCH3 is 2. The van der Waals surface area contributed by atoms with Crippen LogP contribution in [0.2, 0.25) is 0 Å². The summed E-state index contributed by atoms with van der Waals surface area (Å²) in [6.45, 7) is 1.32. The van der Waals surface area contributed by atoms with Crippen LogP contribution in [0.4, 0.5) is 0 Å². The predicted octanol–water partition coefficient (Wildman–Crippen LogP) is 2.20. The average Bonchev–Trinajstić information content (AvgIpc) is 3.10. The summed E-state index contributed by atoms with van der Waals surface area (Å²) < 4.78 is 16.0. The molecule has 6 heteroatoms. The molecule has 0 aliphatic heterocycles. The SMILES string of the molecule is CN=C(NCCc1ccco1)NCc1cccc(OC)c1OC. The van der Waals surface area contributed by atoms with Crippen molar-refractivity contribution in [3.05, 3.63) is 47.9 Å². The van der Waals surface area contributed by atoms with Crippen LogP contribution < -0.4 is 20.1 Å². The van der Waals surface area contributed by atoms with Crippen molar-refractivity contribution >= 4 is 5.96 Å². The molecule has 0 amide bonds. The smallest absolute Gasteiger partial charge is 0.191 e. The van der Waals surface area contributed by atoms with Crippen molar-refractivity contribution in [1.29, 1.82) is 0 Å². The lowest BCUT2D eigenvalue weighted by Crippen LogP contribution is -2.37. The maximum atomic E-state index is 5.43. The zero-order valence-electron chi connectivity index (χ0n) is 13.8. The molecule has 1 aromatic heterocycles. The summed E-state index contributed by atoms with van der Waals surface area (Å²) in [5.74, 6) is 3.12. The van der Waals surface area contributed by atoms with E-state index in [1.165, 1.54) is 0 Å². The second-order valence-electron chi connectivity index (χ2n) is 4.83. The Balaban J connectivity index is 1.88. The second kappa shape index (κ2) is 8.73. The van der Waals surface area contributed by atoms with E-state index in [0.29, 0.717) is 12.3 Å². The fourth-order valence-corrected chi connectivity index (χ4v) is 2.25. The van der Waals surface area contributed by atoms with E-state index in [2.05, 4.69) is 15.6 Å². The van der Waals surface area contributed by atoms with Crippen molar-refractivity contribution < 1.29 is 13.9 Å². The van der Waals surface area contributed by atoms with E-state index in [1.54, 1.807) is 27.5 Å². The van der Waals surface area contributed by atoms with Crippen LogP contribution in [0, 0.1) is 0 Å². The number of guanidine groups is 1. The molecule has 2 rings (SSSR count). The molecule has 0 fully saturated rings. The topological polar surface area (TPSA) is 68.0 Å². The molecular weight excluding hydrogens is 294 g/mol. The summed E-state index contributed by atoms with van der Waals surface area (Å²) in [6.07, 6.45) is 2.48. The number of hydrogen-bond acceptors (Lipinski definition) is 4. The standard InChI is InChI=1S/C17H23N3O3/c1-18-17(19-10-9-14-7-5-11-23-14)20-12-13-6-4-8-15(21-2)16(13)22-3/h4-8,11H,9-10,12H2,1-3H3,(H2,18,19,20). The van der Waals surface area contributed by atoms with Gasteiger partial charge in [-0.3, -0.25) is 4.99 Å². The summed E-state index contributed by atoms with van der Waals surface area (Å²) in [4.78, 5) is 4.21. The first-order valence-electron chi connectivity index (χ1n) is 7.45. The number of nitrogens with one attached hydrogen (secondary N) is 2. The minimum Gasteiger partial charge on any atom is -0.493 e. The number of ether oxygens (including phenoxy) is 2. The molecule has 6 nitrogen and oxygen atoms in total. The lowest BCUT2D eigenvalue weighted by molar-refractivity contribution is 0.351. The van der Waals surface area contributed by atoms with Gasteiger partial charge in [0.25, 0.3) is 0 Å². The minimum absolute atomic E-state index is 0.584. The summed E-state index contributed by atoms with van der Waals surface area (Å²) in [6, 6.07) is 9.64. The molecule has 0 atom stereocenters. The number of furan rings is 1. The van der Waals surface area contributed by atoms with Gasteiger partial charge in [-0.05, 0) is 18.2 Å². The quantitative estimate of drug-likeness (QED) is 0.605. The first-order chi connectivity index (χ1) is 11.3. The number of nitrogens with zero attached hydrogens (tertiary/aromatic N) is 1. The normalized spacial score (nSPS) is 11.2. The van der Waals surface area contributed by atoms with Crippen LogP contribution in [0.5, 0.6) is 11.5 Å². The molecule has 23 heavy (non-hydrogen) atoms. The summed E-state index contributed by atoms with van der Waals surface area (Å²) in [5, 5.41) is 6.52. The maximum Gasteiger partial charge on any atom is 0.191 e. The third-order valence-corrected chi connectivity index (χ3v) is 3.40. The highest BCUT2D eigenvalue weighted by molar-refractivity contribution is 5.79. The molecule has 0 saturated carbocycles. The molecule has 1 aromatic carbocycles. The molecule has 0 radical (unpaired) electrons. The Morgan fingerprint density at radius 2 is 2.00 bits per heavy atom. The molecule has 2 N–H and O–H groups in total. The number of para-hydroxylation sites is 1. The third-order valence-electron chi connectivity index (χ3n) is 3.40. The Morgan fingerprint density at radius 3 is 2.65 bits per heavy atom. The molecule has 2 aromatic rings. The van der Waals surface area contributed by atoms with Crippen LogP contribution in [-0.4, -0.2) is 33.8 Å². The molecule has 0 saturated heterocycles. The summed E-state index contributed by atoms with van der Waals surface area (Å²) in [5.41, 5.74) is 1.00. The van der Waals surface area contributed by atoms with Gasteiger partial charge in [0.15, 0.2) is 17.5 Å². The molecule has 1 heterocycles. The van der Waals surface area contributed by atoms with Crippen LogP contribution in [0.3, 0.4) is 0 Å². The van der Waals surface area contributed by atoms with Crippen molar-refractivity contribution in [2.75, 3.05) is 27.8 Å². The molecule has 0 spiro atoms. The second-order valence-corrected chi connectivity index (χ2v) is 4.83. The first-order valence-corrected chi connectivity index (χ1v) is 7.45. The van der Waals surface area contributed by atoms with Gasteiger partial charge in [0, 0.05) is 32.1 Å². The van der Waals surface area contributed by atoms with Gasteiger partial charge in [0.2, 0.25) is 0 Å². The van der Waals surface area contributed by atoms with Crippen LogP contribution >= 0.6 is 0 Å². The van der Waals surface area contributed by atoms with Crippen LogP contribution in [0.1, 0.15) is 11.3 Å². The average molecular weight is 317 g/mol. The minimum atomic E-state index is 0.584. The number of benzene rings is 1. The van der Waals surface area contributed by atoms with E-state index in [1.807, 2.05) is 30.3 Å². The van der Waals surface area contributed by atoms with Gasteiger partial charge in [0.05, 0.1) is 20.5 Å². The Morgan fingerprint density at radius 1 is 1.13 bits per heavy atom. The highest BCUT2D eigenvalue weighted by Crippen LogP contribution is 2.30. The van der Waals surface area contributed by atoms with E-state index in [-0.39, 0.29) is 0 Å². The monoisotopic (exact) mass is 317 g/mol. The van der Waals surface area contributed by atoms with E-state index < -0.39 is 0 Å². The van der Waals surface area contributed by atoms with Crippen molar-refractivity contribution in [2.45, 2.75) is 13.0 Å². The molecule has 0 aliphatic rings. The van der Waals surface area contributed by atoms with E-state index in [9.17, 15) is 0 Å². The Bertz CT molecular complexity index is 624. The zero-order chi connectivity index (χ0) is 16.5.